The molecule has 1 aliphatic heterocycles. The first-order chi connectivity index (χ1) is 14.7. The molecule has 7 heteroatoms. The van der Waals surface area contributed by atoms with Crippen molar-refractivity contribution in [3.05, 3.63) is 70.8 Å². The van der Waals surface area contributed by atoms with Gasteiger partial charge in [-0.2, -0.15) is 0 Å². The van der Waals surface area contributed by atoms with Gasteiger partial charge >= 0.3 is 0 Å². The van der Waals surface area contributed by atoms with Crippen LogP contribution in [0.25, 0.3) is 11.3 Å². The number of hydrogen-bond acceptors (Lipinski definition) is 6. The second-order valence-corrected chi connectivity index (χ2v) is 7.34. The van der Waals surface area contributed by atoms with Crippen LogP contribution in [0.1, 0.15) is 18.4 Å². The number of pyridine rings is 1. The lowest BCUT2D eigenvalue weighted by Crippen LogP contribution is -2.28. The highest BCUT2D eigenvalue weighted by Gasteiger charge is 2.15. The summed E-state index contributed by atoms with van der Waals surface area (Å²) in [5.41, 5.74) is 2.64. The fraction of sp³-hybridized carbons (Fsp3) is 0.348. The van der Waals surface area contributed by atoms with E-state index in [1.165, 1.54) is 0 Å². The molecule has 4 rings (SSSR count). The Morgan fingerprint density at radius 1 is 1.17 bits per heavy atom. The van der Waals surface area contributed by atoms with Crippen LogP contribution < -0.4 is 15.6 Å². The van der Waals surface area contributed by atoms with E-state index in [1.807, 2.05) is 42.6 Å². The van der Waals surface area contributed by atoms with Gasteiger partial charge in [0, 0.05) is 49.8 Å². The zero-order chi connectivity index (χ0) is 20.8. The number of aromatic nitrogens is 3. The molecule has 3 aromatic rings. The van der Waals surface area contributed by atoms with Crippen molar-refractivity contribution in [3.8, 4) is 17.0 Å². The van der Waals surface area contributed by atoms with Crippen molar-refractivity contribution in [2.75, 3.05) is 25.6 Å². The number of aryl methyl sites for hydroxylation is 2. The molecular formula is C23H26N4O3. The minimum atomic E-state index is -0.0430. The molecule has 1 N–H and O–H groups in total. The van der Waals surface area contributed by atoms with E-state index in [0.29, 0.717) is 18.5 Å². The van der Waals surface area contributed by atoms with Gasteiger partial charge in [-0.25, -0.2) is 9.97 Å². The molecule has 0 bridgehead atoms. The van der Waals surface area contributed by atoms with Gasteiger partial charge in [0.1, 0.15) is 5.75 Å². The van der Waals surface area contributed by atoms with Gasteiger partial charge in [-0.1, -0.05) is 12.1 Å². The first kappa shape index (κ1) is 20.1. The molecule has 2 aromatic heterocycles. The second-order valence-electron chi connectivity index (χ2n) is 7.34. The number of ether oxygens (including phenoxy) is 2. The van der Waals surface area contributed by atoms with Crippen LogP contribution >= 0.6 is 0 Å². The van der Waals surface area contributed by atoms with Crippen molar-refractivity contribution >= 4 is 5.95 Å². The molecule has 3 heterocycles. The maximum Gasteiger partial charge on any atom is 0.251 e. The van der Waals surface area contributed by atoms with E-state index in [1.54, 1.807) is 23.9 Å². The lowest BCUT2D eigenvalue weighted by molar-refractivity contribution is 0.0903. The van der Waals surface area contributed by atoms with Crippen LogP contribution in [0, 0.1) is 0 Å². The van der Waals surface area contributed by atoms with Gasteiger partial charge in [0.25, 0.3) is 5.56 Å². The normalized spacial score (nSPS) is 14.4. The maximum absolute atomic E-state index is 12.6. The Labute approximate surface area is 175 Å². The molecule has 1 aromatic carbocycles. The molecule has 0 saturated carbocycles. The van der Waals surface area contributed by atoms with E-state index in [4.69, 9.17) is 9.47 Å². The number of hydrogen-bond donors (Lipinski definition) is 1. The fourth-order valence-electron chi connectivity index (χ4n) is 3.51. The highest BCUT2D eigenvalue weighted by Crippen LogP contribution is 2.18. The molecule has 7 nitrogen and oxygen atoms in total. The Kier molecular flexibility index (Phi) is 6.39. The zero-order valence-corrected chi connectivity index (χ0v) is 17.1. The van der Waals surface area contributed by atoms with E-state index in [2.05, 4.69) is 15.3 Å². The Balaban J connectivity index is 1.43. The summed E-state index contributed by atoms with van der Waals surface area (Å²) in [5.74, 6) is 1.42. The summed E-state index contributed by atoms with van der Waals surface area (Å²) in [6.07, 6.45) is 6.21. The highest BCUT2D eigenvalue weighted by atomic mass is 16.5. The average Bonchev–Trinajstić information content (AvgIpc) is 2.79. The predicted octanol–water partition coefficient (Wildman–Crippen LogP) is 3.15. The summed E-state index contributed by atoms with van der Waals surface area (Å²) in [5, 5.41) is 3.37. The van der Waals surface area contributed by atoms with Crippen molar-refractivity contribution in [3.63, 3.8) is 0 Å². The lowest BCUT2D eigenvalue weighted by atomic mass is 10.1. The minimum Gasteiger partial charge on any atom is -0.497 e. The number of methoxy groups -OCH3 is 1. The van der Waals surface area contributed by atoms with Crippen LogP contribution in [0.2, 0.25) is 0 Å². The number of nitrogens with zero attached hydrogens (tertiary/aromatic N) is 3. The minimum absolute atomic E-state index is 0.0430. The van der Waals surface area contributed by atoms with E-state index in [-0.39, 0.29) is 5.56 Å². The molecule has 30 heavy (non-hydrogen) atoms. The summed E-state index contributed by atoms with van der Waals surface area (Å²) < 4.78 is 12.3. The predicted molar refractivity (Wildman–Crippen MR) is 116 cm³/mol. The number of anilines is 1. The fourth-order valence-corrected chi connectivity index (χ4v) is 3.51. The van der Waals surface area contributed by atoms with Crippen molar-refractivity contribution in [2.24, 2.45) is 0 Å². The van der Waals surface area contributed by atoms with Crippen LogP contribution in [-0.4, -0.2) is 40.9 Å². The van der Waals surface area contributed by atoms with Crippen LogP contribution in [0.15, 0.2) is 59.7 Å². The van der Waals surface area contributed by atoms with Crippen molar-refractivity contribution in [2.45, 2.75) is 31.8 Å². The Morgan fingerprint density at radius 2 is 1.97 bits per heavy atom. The van der Waals surface area contributed by atoms with Gasteiger partial charge in [-0.3, -0.25) is 4.79 Å². The van der Waals surface area contributed by atoms with Gasteiger partial charge in [0.05, 0.1) is 12.8 Å². The smallest absolute Gasteiger partial charge is 0.251 e. The van der Waals surface area contributed by atoms with Gasteiger partial charge in [-0.15, -0.1) is 0 Å². The van der Waals surface area contributed by atoms with Gasteiger partial charge in [0.15, 0.2) is 0 Å². The Hall–Kier alpha value is -3.19. The second kappa shape index (κ2) is 9.54. The molecular weight excluding hydrogens is 380 g/mol. The van der Waals surface area contributed by atoms with Gasteiger partial charge in [-0.05, 0) is 49.1 Å². The monoisotopic (exact) mass is 406 g/mol. The summed E-state index contributed by atoms with van der Waals surface area (Å²) >= 11 is 0. The SMILES string of the molecule is COc1ccc(CCn2ccc(-c3ccnc(NC4CCOCC4)n3)cc2=O)cc1. The molecule has 1 fully saturated rings. The number of benzene rings is 1. The zero-order valence-electron chi connectivity index (χ0n) is 17.1. The molecule has 1 aliphatic rings. The standard InChI is InChI=1S/C23H26N4O3/c1-29-20-4-2-17(3-5-20)7-12-27-13-8-18(16-22(27)28)21-6-11-24-23(26-21)25-19-9-14-30-15-10-19/h2-6,8,11,13,16,19H,7,9-10,12,14-15H2,1H3,(H,24,25,26). The number of nitrogens with one attached hydrogen (secondary N) is 1. The van der Waals surface area contributed by atoms with E-state index < -0.39 is 0 Å². The highest BCUT2D eigenvalue weighted by molar-refractivity contribution is 5.59. The summed E-state index contributed by atoms with van der Waals surface area (Å²) in [6.45, 7) is 2.13. The van der Waals surface area contributed by atoms with Crippen molar-refractivity contribution in [1.82, 2.24) is 14.5 Å². The molecule has 0 atom stereocenters. The summed E-state index contributed by atoms with van der Waals surface area (Å²) in [6, 6.07) is 13.6. The van der Waals surface area contributed by atoms with Gasteiger partial charge in [0.2, 0.25) is 5.95 Å². The molecule has 0 spiro atoms. The lowest BCUT2D eigenvalue weighted by Gasteiger charge is -2.23. The van der Waals surface area contributed by atoms with Crippen LogP contribution in [0.5, 0.6) is 5.75 Å². The Morgan fingerprint density at radius 3 is 2.70 bits per heavy atom. The number of rotatable bonds is 7. The van der Waals surface area contributed by atoms with E-state index in [9.17, 15) is 4.79 Å². The third kappa shape index (κ3) is 5.04. The first-order valence-electron chi connectivity index (χ1n) is 10.2. The van der Waals surface area contributed by atoms with Crippen LogP contribution in [0.3, 0.4) is 0 Å². The summed E-state index contributed by atoms with van der Waals surface area (Å²) in [7, 11) is 1.65. The van der Waals surface area contributed by atoms with Gasteiger partial charge < -0.3 is 19.4 Å². The molecule has 0 unspecified atom stereocenters. The third-order valence-electron chi connectivity index (χ3n) is 5.30. The topological polar surface area (TPSA) is 78.3 Å². The van der Waals surface area contributed by atoms with Crippen LogP contribution in [-0.2, 0) is 17.7 Å². The van der Waals surface area contributed by atoms with E-state index >= 15 is 0 Å². The first-order valence-corrected chi connectivity index (χ1v) is 10.2. The van der Waals surface area contributed by atoms with Crippen LogP contribution in [0.4, 0.5) is 5.95 Å². The molecule has 156 valence electrons. The largest absolute Gasteiger partial charge is 0.497 e. The third-order valence-corrected chi connectivity index (χ3v) is 5.30. The molecule has 0 aliphatic carbocycles. The van der Waals surface area contributed by atoms with Crippen molar-refractivity contribution in [1.29, 1.82) is 0 Å². The summed E-state index contributed by atoms with van der Waals surface area (Å²) in [4.78, 5) is 21.5. The van der Waals surface area contributed by atoms with E-state index in [0.717, 1.165) is 55.0 Å². The average molecular weight is 406 g/mol. The quantitative estimate of drug-likeness (QED) is 0.649. The maximum atomic E-state index is 12.6. The molecule has 1 saturated heterocycles. The molecule has 0 amide bonds. The molecule has 0 radical (unpaired) electrons. The Bertz CT molecular complexity index is 1030. The van der Waals surface area contributed by atoms with Crippen molar-refractivity contribution < 1.29 is 9.47 Å².